The number of nitrogens with zero attached hydrogens (tertiary/aromatic N) is 3. The zero-order valence-corrected chi connectivity index (χ0v) is 13.0. The Hall–Kier alpha value is -2.38. The van der Waals surface area contributed by atoms with Gasteiger partial charge >= 0.3 is 12.1 Å². The first kappa shape index (κ1) is 16.5. The Balaban J connectivity index is 2.02. The van der Waals surface area contributed by atoms with Crippen LogP contribution in [-0.4, -0.2) is 27.8 Å². The SMILES string of the molecule is COC(=O)c1nc(C2CCCC2)n(-c2ccc(C(F)(F)F)cc2)n1. The lowest BCUT2D eigenvalue weighted by molar-refractivity contribution is -0.137. The normalized spacial score (nSPS) is 15.7. The number of hydrogen-bond acceptors (Lipinski definition) is 4. The molecule has 0 atom stereocenters. The number of alkyl halides is 3. The van der Waals surface area contributed by atoms with Crippen LogP contribution in [0.1, 0.15) is 53.6 Å². The topological polar surface area (TPSA) is 57.0 Å². The fourth-order valence-corrected chi connectivity index (χ4v) is 2.93. The third kappa shape index (κ3) is 3.13. The molecule has 5 nitrogen and oxygen atoms in total. The molecule has 1 aromatic carbocycles. The van der Waals surface area contributed by atoms with Crippen LogP contribution in [0.3, 0.4) is 0 Å². The number of methoxy groups -OCH3 is 1. The molecule has 0 bridgehead atoms. The first-order valence-corrected chi connectivity index (χ1v) is 7.63. The average Bonchev–Trinajstić information content (AvgIpc) is 3.22. The van der Waals surface area contributed by atoms with Crippen molar-refractivity contribution >= 4 is 5.97 Å². The molecule has 1 heterocycles. The summed E-state index contributed by atoms with van der Waals surface area (Å²) in [5.41, 5.74) is -0.297. The second kappa shape index (κ2) is 6.26. The van der Waals surface area contributed by atoms with Crippen molar-refractivity contribution in [1.82, 2.24) is 14.8 Å². The molecule has 1 saturated carbocycles. The van der Waals surface area contributed by atoms with E-state index in [0.29, 0.717) is 11.5 Å². The van der Waals surface area contributed by atoms with E-state index in [-0.39, 0.29) is 11.7 Å². The molecule has 2 aromatic rings. The number of ether oxygens (including phenoxy) is 1. The molecule has 128 valence electrons. The minimum atomic E-state index is -4.40. The maximum Gasteiger partial charge on any atom is 0.416 e. The molecule has 0 radical (unpaired) electrons. The number of hydrogen-bond donors (Lipinski definition) is 0. The summed E-state index contributed by atoms with van der Waals surface area (Å²) in [6.45, 7) is 0. The lowest BCUT2D eigenvalue weighted by atomic mass is 10.1. The summed E-state index contributed by atoms with van der Waals surface area (Å²) in [6, 6.07) is 4.65. The number of halogens is 3. The third-order valence-electron chi connectivity index (χ3n) is 4.16. The van der Waals surface area contributed by atoms with E-state index in [1.54, 1.807) is 0 Å². The second-order valence-electron chi connectivity index (χ2n) is 5.72. The van der Waals surface area contributed by atoms with Crippen LogP contribution in [0.2, 0.25) is 0 Å². The highest BCUT2D eigenvalue weighted by Crippen LogP contribution is 2.35. The Morgan fingerprint density at radius 1 is 1.21 bits per heavy atom. The van der Waals surface area contributed by atoms with Crippen LogP contribution in [0, 0.1) is 0 Å². The molecular weight excluding hydrogens is 323 g/mol. The van der Waals surface area contributed by atoms with E-state index < -0.39 is 17.7 Å². The maximum atomic E-state index is 12.7. The standard InChI is InChI=1S/C16H16F3N3O2/c1-24-15(23)13-20-14(10-4-2-3-5-10)22(21-13)12-8-6-11(7-9-12)16(17,18)19/h6-10H,2-5H2,1H3. The lowest BCUT2D eigenvalue weighted by Crippen LogP contribution is -2.09. The largest absolute Gasteiger partial charge is 0.463 e. The van der Waals surface area contributed by atoms with E-state index in [1.807, 2.05) is 0 Å². The summed E-state index contributed by atoms with van der Waals surface area (Å²) in [4.78, 5) is 16.0. The van der Waals surface area contributed by atoms with Gasteiger partial charge < -0.3 is 4.74 Å². The van der Waals surface area contributed by atoms with Crippen LogP contribution in [0.25, 0.3) is 5.69 Å². The highest BCUT2D eigenvalue weighted by Gasteiger charge is 2.31. The molecule has 0 unspecified atom stereocenters. The lowest BCUT2D eigenvalue weighted by Gasteiger charge is -2.12. The third-order valence-corrected chi connectivity index (χ3v) is 4.16. The molecule has 0 aliphatic heterocycles. The molecule has 0 N–H and O–H groups in total. The summed E-state index contributed by atoms with van der Waals surface area (Å²) in [7, 11) is 1.23. The van der Waals surface area contributed by atoms with Crippen LogP contribution >= 0.6 is 0 Å². The molecule has 0 spiro atoms. The minimum Gasteiger partial charge on any atom is -0.463 e. The van der Waals surface area contributed by atoms with Gasteiger partial charge in [-0.3, -0.25) is 0 Å². The molecule has 8 heteroatoms. The van der Waals surface area contributed by atoms with Gasteiger partial charge in [-0.15, -0.1) is 5.10 Å². The Morgan fingerprint density at radius 2 is 1.83 bits per heavy atom. The average molecular weight is 339 g/mol. The molecule has 24 heavy (non-hydrogen) atoms. The first-order valence-electron chi connectivity index (χ1n) is 7.63. The predicted octanol–water partition coefficient (Wildman–Crippen LogP) is 3.73. The number of carbonyl (C=O) groups excluding carboxylic acids is 1. The van der Waals surface area contributed by atoms with E-state index in [4.69, 9.17) is 0 Å². The van der Waals surface area contributed by atoms with Gasteiger partial charge in [-0.2, -0.15) is 13.2 Å². The van der Waals surface area contributed by atoms with E-state index >= 15 is 0 Å². The van der Waals surface area contributed by atoms with Gasteiger partial charge in [0.2, 0.25) is 0 Å². The van der Waals surface area contributed by atoms with Gasteiger partial charge in [0.1, 0.15) is 5.82 Å². The van der Waals surface area contributed by atoms with Crippen LogP contribution in [0.15, 0.2) is 24.3 Å². The Bertz CT molecular complexity index is 732. The van der Waals surface area contributed by atoms with Crippen LogP contribution in [-0.2, 0) is 10.9 Å². The van der Waals surface area contributed by atoms with Gasteiger partial charge in [0.25, 0.3) is 5.82 Å². The molecular formula is C16H16F3N3O2. The summed E-state index contributed by atoms with van der Waals surface area (Å²) < 4.78 is 44.2. The molecule has 0 amide bonds. The van der Waals surface area contributed by atoms with Crippen molar-refractivity contribution < 1.29 is 22.7 Å². The molecule has 3 rings (SSSR count). The second-order valence-corrected chi connectivity index (χ2v) is 5.72. The fourth-order valence-electron chi connectivity index (χ4n) is 2.93. The smallest absolute Gasteiger partial charge is 0.416 e. The zero-order valence-electron chi connectivity index (χ0n) is 13.0. The van der Waals surface area contributed by atoms with Gasteiger partial charge in [-0.05, 0) is 37.1 Å². The molecule has 0 saturated heterocycles. The number of benzene rings is 1. The van der Waals surface area contributed by atoms with E-state index in [0.717, 1.165) is 37.8 Å². The first-order chi connectivity index (χ1) is 11.4. The van der Waals surface area contributed by atoms with Crippen molar-refractivity contribution in [2.24, 2.45) is 0 Å². The highest BCUT2D eigenvalue weighted by molar-refractivity contribution is 5.85. The van der Waals surface area contributed by atoms with Crippen molar-refractivity contribution in [2.75, 3.05) is 7.11 Å². The van der Waals surface area contributed by atoms with E-state index in [2.05, 4.69) is 14.8 Å². The summed E-state index contributed by atoms with van der Waals surface area (Å²) in [5.74, 6) is -0.0231. The summed E-state index contributed by atoms with van der Waals surface area (Å²) in [5, 5.41) is 4.14. The fraction of sp³-hybridized carbons (Fsp3) is 0.438. The number of esters is 1. The Kier molecular flexibility index (Phi) is 4.29. The monoisotopic (exact) mass is 339 g/mol. The molecule has 1 aromatic heterocycles. The van der Waals surface area contributed by atoms with Crippen molar-refractivity contribution in [3.05, 3.63) is 41.5 Å². The van der Waals surface area contributed by atoms with Gasteiger partial charge in [0, 0.05) is 5.92 Å². The van der Waals surface area contributed by atoms with Crippen molar-refractivity contribution in [3.63, 3.8) is 0 Å². The van der Waals surface area contributed by atoms with Gasteiger partial charge in [-0.1, -0.05) is 12.8 Å². The Morgan fingerprint density at radius 3 is 2.38 bits per heavy atom. The summed E-state index contributed by atoms with van der Waals surface area (Å²) >= 11 is 0. The zero-order chi connectivity index (χ0) is 17.3. The predicted molar refractivity (Wildman–Crippen MR) is 78.9 cm³/mol. The number of aromatic nitrogens is 3. The quantitative estimate of drug-likeness (QED) is 0.800. The van der Waals surface area contributed by atoms with Crippen LogP contribution < -0.4 is 0 Å². The minimum absolute atomic E-state index is 0.0840. The van der Waals surface area contributed by atoms with Crippen LogP contribution in [0.4, 0.5) is 13.2 Å². The van der Waals surface area contributed by atoms with Crippen molar-refractivity contribution in [1.29, 1.82) is 0 Å². The molecule has 1 aliphatic carbocycles. The number of carbonyl (C=O) groups is 1. The van der Waals surface area contributed by atoms with Crippen molar-refractivity contribution in [2.45, 2.75) is 37.8 Å². The molecule has 1 fully saturated rings. The molecule has 1 aliphatic rings. The van der Waals surface area contributed by atoms with Gasteiger partial charge in [0.05, 0.1) is 18.4 Å². The van der Waals surface area contributed by atoms with Gasteiger partial charge in [0.15, 0.2) is 0 Å². The number of rotatable bonds is 3. The van der Waals surface area contributed by atoms with Gasteiger partial charge in [-0.25, -0.2) is 14.5 Å². The Labute approximate surface area is 136 Å². The van der Waals surface area contributed by atoms with Crippen LogP contribution in [0.5, 0.6) is 0 Å². The van der Waals surface area contributed by atoms with Crippen molar-refractivity contribution in [3.8, 4) is 5.69 Å². The maximum absolute atomic E-state index is 12.7. The van der Waals surface area contributed by atoms with E-state index in [1.165, 1.54) is 23.9 Å². The van der Waals surface area contributed by atoms with E-state index in [9.17, 15) is 18.0 Å². The summed E-state index contributed by atoms with van der Waals surface area (Å²) in [6.07, 6.45) is -0.456. The highest BCUT2D eigenvalue weighted by atomic mass is 19.4.